The van der Waals surface area contributed by atoms with Gasteiger partial charge in [-0.1, -0.05) is 19.8 Å². The maximum absolute atomic E-state index is 12.9. The fourth-order valence-electron chi connectivity index (χ4n) is 4.37. The maximum atomic E-state index is 12.9. The van der Waals surface area contributed by atoms with Crippen LogP contribution in [0.3, 0.4) is 0 Å². The Kier molecular flexibility index (Phi) is 5.06. The Morgan fingerprint density at radius 1 is 1.14 bits per heavy atom. The van der Waals surface area contributed by atoms with E-state index in [1.807, 2.05) is 6.92 Å². The second-order valence-electron chi connectivity index (χ2n) is 7.87. The van der Waals surface area contributed by atoms with Gasteiger partial charge in [-0.05, 0) is 43.5 Å². The maximum Gasteiger partial charge on any atom is 0.249 e. The Balaban J connectivity index is 1.79. The largest absolute Gasteiger partial charge is 0.340 e. The number of carbonyl (C=O) groups is 1. The van der Waals surface area contributed by atoms with Crippen LogP contribution in [0.5, 0.6) is 0 Å². The van der Waals surface area contributed by atoms with E-state index in [0.29, 0.717) is 11.9 Å². The summed E-state index contributed by atoms with van der Waals surface area (Å²) >= 11 is 0. The molecule has 29 heavy (non-hydrogen) atoms. The SMILES string of the molecule is CCC1C(=O)N(C)c2cnc(-c3ccc(S(C)(=O)=O)cc3)nc2N1C1CCCC1. The van der Waals surface area contributed by atoms with Crippen LogP contribution in [0.2, 0.25) is 0 Å². The lowest BCUT2D eigenvalue weighted by Crippen LogP contribution is -2.55. The fourth-order valence-corrected chi connectivity index (χ4v) is 5.00. The van der Waals surface area contributed by atoms with Crippen LogP contribution in [-0.2, 0) is 14.6 Å². The van der Waals surface area contributed by atoms with Crippen molar-refractivity contribution in [3.05, 3.63) is 30.5 Å². The molecule has 2 aromatic rings. The summed E-state index contributed by atoms with van der Waals surface area (Å²) in [7, 11) is -1.48. The number of likely N-dealkylation sites (N-methyl/N-ethyl adjacent to an activating group) is 1. The van der Waals surface area contributed by atoms with Crippen molar-refractivity contribution in [2.75, 3.05) is 23.1 Å². The molecule has 2 aliphatic rings. The lowest BCUT2D eigenvalue weighted by molar-refractivity contribution is -0.120. The Morgan fingerprint density at radius 2 is 1.79 bits per heavy atom. The number of fused-ring (bicyclic) bond motifs is 1. The van der Waals surface area contributed by atoms with E-state index in [1.165, 1.54) is 19.1 Å². The molecule has 1 saturated carbocycles. The van der Waals surface area contributed by atoms with Crippen molar-refractivity contribution in [1.29, 1.82) is 0 Å². The van der Waals surface area contributed by atoms with E-state index in [-0.39, 0.29) is 16.8 Å². The first kappa shape index (κ1) is 19.8. The summed E-state index contributed by atoms with van der Waals surface area (Å²) in [5.41, 5.74) is 1.47. The summed E-state index contributed by atoms with van der Waals surface area (Å²) in [5, 5.41) is 0. The minimum Gasteiger partial charge on any atom is -0.340 e. The minimum atomic E-state index is -3.25. The number of benzene rings is 1. The third-order valence-electron chi connectivity index (χ3n) is 5.95. The lowest BCUT2D eigenvalue weighted by atomic mass is 10.0. The third-order valence-corrected chi connectivity index (χ3v) is 7.08. The highest BCUT2D eigenvalue weighted by molar-refractivity contribution is 7.90. The van der Waals surface area contributed by atoms with Crippen LogP contribution in [0, 0.1) is 0 Å². The molecule has 1 unspecified atom stereocenters. The molecule has 0 saturated heterocycles. The molecule has 2 heterocycles. The summed E-state index contributed by atoms with van der Waals surface area (Å²) in [4.78, 5) is 26.4. The van der Waals surface area contributed by atoms with Gasteiger partial charge in [0.15, 0.2) is 21.5 Å². The average molecular weight is 415 g/mol. The van der Waals surface area contributed by atoms with Crippen LogP contribution in [0.25, 0.3) is 11.4 Å². The molecule has 4 rings (SSSR count). The van der Waals surface area contributed by atoms with Gasteiger partial charge in [-0.25, -0.2) is 18.4 Å². The third kappa shape index (κ3) is 3.50. The molecule has 1 aliphatic carbocycles. The zero-order valence-electron chi connectivity index (χ0n) is 17.0. The fraction of sp³-hybridized carbons (Fsp3) is 0.476. The molecule has 1 aromatic carbocycles. The van der Waals surface area contributed by atoms with E-state index in [0.717, 1.165) is 36.3 Å². The topological polar surface area (TPSA) is 83.5 Å². The number of hydrogen-bond donors (Lipinski definition) is 0. The van der Waals surface area contributed by atoms with Crippen molar-refractivity contribution in [2.45, 2.75) is 56.0 Å². The van der Waals surface area contributed by atoms with Crippen molar-refractivity contribution in [3.63, 3.8) is 0 Å². The van der Waals surface area contributed by atoms with Gasteiger partial charge in [0.1, 0.15) is 11.7 Å². The number of rotatable bonds is 4. The Labute approximate surface area is 171 Å². The molecule has 1 atom stereocenters. The number of nitrogens with zero attached hydrogens (tertiary/aromatic N) is 4. The second kappa shape index (κ2) is 7.40. The van der Waals surface area contributed by atoms with Crippen LogP contribution in [0.15, 0.2) is 35.4 Å². The summed E-state index contributed by atoms with van der Waals surface area (Å²) in [6.07, 6.45) is 8.08. The van der Waals surface area contributed by atoms with Gasteiger partial charge in [-0.2, -0.15) is 0 Å². The van der Waals surface area contributed by atoms with Crippen LogP contribution in [-0.4, -0.2) is 49.7 Å². The summed E-state index contributed by atoms with van der Waals surface area (Å²) < 4.78 is 23.4. The highest BCUT2D eigenvalue weighted by Crippen LogP contribution is 2.40. The van der Waals surface area contributed by atoms with Crippen molar-refractivity contribution in [2.24, 2.45) is 0 Å². The van der Waals surface area contributed by atoms with E-state index >= 15 is 0 Å². The molecule has 0 radical (unpaired) electrons. The first-order chi connectivity index (χ1) is 13.8. The number of carbonyl (C=O) groups excluding carboxylic acids is 1. The molecule has 0 bridgehead atoms. The number of hydrogen-bond acceptors (Lipinski definition) is 6. The van der Waals surface area contributed by atoms with Gasteiger partial charge >= 0.3 is 0 Å². The Hall–Kier alpha value is -2.48. The van der Waals surface area contributed by atoms with Crippen molar-refractivity contribution in [1.82, 2.24) is 9.97 Å². The number of amides is 1. The van der Waals surface area contributed by atoms with E-state index in [2.05, 4.69) is 9.88 Å². The van der Waals surface area contributed by atoms with Gasteiger partial charge in [-0.3, -0.25) is 4.79 Å². The molecule has 0 spiro atoms. The molecular weight excluding hydrogens is 388 g/mol. The normalized spacial score (nSPS) is 20.2. The molecule has 8 heteroatoms. The highest BCUT2D eigenvalue weighted by atomic mass is 32.2. The molecule has 1 aromatic heterocycles. The second-order valence-corrected chi connectivity index (χ2v) is 9.88. The summed E-state index contributed by atoms with van der Waals surface area (Å²) in [6, 6.07) is 6.71. The van der Waals surface area contributed by atoms with Crippen molar-refractivity contribution < 1.29 is 13.2 Å². The quantitative estimate of drug-likeness (QED) is 0.765. The number of anilines is 2. The van der Waals surface area contributed by atoms with E-state index in [9.17, 15) is 13.2 Å². The standard InChI is InChI=1S/C21H26N4O3S/c1-4-17-21(26)24(2)18-13-22-19(14-9-11-16(12-10-14)29(3,27)28)23-20(18)25(17)15-7-5-6-8-15/h9-13,15,17H,4-8H2,1-3H3. The average Bonchev–Trinajstić information content (AvgIpc) is 3.24. The van der Waals surface area contributed by atoms with E-state index in [1.54, 1.807) is 42.4 Å². The van der Waals surface area contributed by atoms with Gasteiger partial charge in [0.2, 0.25) is 5.91 Å². The van der Waals surface area contributed by atoms with E-state index < -0.39 is 9.84 Å². The van der Waals surface area contributed by atoms with Crippen LogP contribution < -0.4 is 9.80 Å². The predicted molar refractivity (Wildman–Crippen MR) is 113 cm³/mol. The van der Waals surface area contributed by atoms with Gasteiger partial charge in [-0.15, -0.1) is 0 Å². The van der Waals surface area contributed by atoms with Crippen molar-refractivity contribution >= 4 is 27.2 Å². The predicted octanol–water partition coefficient (Wildman–Crippen LogP) is 3.05. The van der Waals surface area contributed by atoms with Gasteiger partial charge in [0, 0.05) is 24.9 Å². The highest BCUT2D eigenvalue weighted by Gasteiger charge is 2.41. The molecule has 0 N–H and O–H groups in total. The smallest absolute Gasteiger partial charge is 0.249 e. The first-order valence-corrected chi connectivity index (χ1v) is 11.9. The number of aromatic nitrogens is 2. The zero-order chi connectivity index (χ0) is 20.8. The Morgan fingerprint density at radius 3 is 2.38 bits per heavy atom. The lowest BCUT2D eigenvalue weighted by Gasteiger charge is -2.43. The number of sulfone groups is 1. The van der Waals surface area contributed by atoms with Crippen LogP contribution >= 0.6 is 0 Å². The molecule has 1 aliphatic heterocycles. The van der Waals surface area contributed by atoms with Crippen LogP contribution in [0.4, 0.5) is 11.5 Å². The molecule has 1 fully saturated rings. The first-order valence-electron chi connectivity index (χ1n) is 10.0. The van der Waals surface area contributed by atoms with Crippen LogP contribution in [0.1, 0.15) is 39.0 Å². The minimum absolute atomic E-state index is 0.0840. The van der Waals surface area contributed by atoms with E-state index in [4.69, 9.17) is 4.98 Å². The van der Waals surface area contributed by atoms with Gasteiger partial charge in [0.25, 0.3) is 0 Å². The zero-order valence-corrected chi connectivity index (χ0v) is 17.8. The monoisotopic (exact) mass is 414 g/mol. The summed E-state index contributed by atoms with van der Waals surface area (Å²) in [5.74, 6) is 1.41. The molecule has 1 amide bonds. The van der Waals surface area contributed by atoms with Crippen molar-refractivity contribution in [3.8, 4) is 11.4 Å². The molecule has 7 nitrogen and oxygen atoms in total. The molecular formula is C21H26N4O3S. The van der Waals surface area contributed by atoms with Gasteiger partial charge in [0.05, 0.1) is 11.1 Å². The molecule has 154 valence electrons. The van der Waals surface area contributed by atoms with Gasteiger partial charge < -0.3 is 9.80 Å². The Bertz CT molecular complexity index is 1030. The summed E-state index contributed by atoms with van der Waals surface area (Å²) in [6.45, 7) is 2.04.